The van der Waals surface area contributed by atoms with E-state index < -0.39 is 11.9 Å². The minimum atomic E-state index is -0.744. The van der Waals surface area contributed by atoms with Crippen LogP contribution in [-0.2, 0) is 14.3 Å². The summed E-state index contributed by atoms with van der Waals surface area (Å²) < 4.78 is 4.40. The van der Waals surface area contributed by atoms with Gasteiger partial charge in [-0.05, 0) is 13.8 Å². The molecule has 0 aromatic rings. The summed E-state index contributed by atoms with van der Waals surface area (Å²) in [4.78, 5) is 21.9. The van der Waals surface area contributed by atoms with E-state index in [1.807, 2.05) is 0 Å². The molecule has 13 heavy (non-hydrogen) atoms. The van der Waals surface area contributed by atoms with Crippen LogP contribution in [0.1, 0.15) is 13.8 Å². The summed E-state index contributed by atoms with van der Waals surface area (Å²) in [5.74, 6) is -1.47. The van der Waals surface area contributed by atoms with Crippen molar-refractivity contribution in [1.82, 2.24) is 0 Å². The van der Waals surface area contributed by atoms with Gasteiger partial charge in [0.1, 0.15) is 0 Å². The Morgan fingerprint density at radius 2 is 1.77 bits per heavy atom. The maximum absolute atomic E-state index is 11.0. The monoisotopic (exact) mass is 180 g/mol. The number of esters is 2. The second-order valence-electron chi connectivity index (χ2n) is 2.48. The Bertz CT molecular complexity index is 285. The van der Waals surface area contributed by atoms with Crippen molar-refractivity contribution < 1.29 is 14.3 Å². The number of ether oxygens (including phenoxy) is 1. The fourth-order valence-electron chi connectivity index (χ4n) is 0.506. The summed E-state index contributed by atoms with van der Waals surface area (Å²) in [6.07, 6.45) is 3.10. The molecule has 0 fully saturated rings. The fraction of sp³-hybridized carbons (Fsp3) is 0.200. The first-order chi connectivity index (χ1) is 5.99. The highest BCUT2D eigenvalue weighted by molar-refractivity contribution is 6.02. The van der Waals surface area contributed by atoms with Crippen molar-refractivity contribution in [3.63, 3.8) is 0 Å². The minimum absolute atomic E-state index is 0.136. The van der Waals surface area contributed by atoms with Crippen LogP contribution in [0.5, 0.6) is 0 Å². The Kier molecular flexibility index (Phi) is 4.44. The molecule has 0 saturated heterocycles. The third kappa shape index (κ3) is 4.06. The zero-order valence-corrected chi connectivity index (χ0v) is 7.79. The molecule has 0 radical (unpaired) electrons. The van der Waals surface area contributed by atoms with E-state index in [0.29, 0.717) is 0 Å². The summed E-state index contributed by atoms with van der Waals surface area (Å²) >= 11 is 0. The summed E-state index contributed by atoms with van der Waals surface area (Å²) in [5.41, 5.74) is 0.318. The van der Waals surface area contributed by atoms with Gasteiger partial charge in [0.2, 0.25) is 0 Å². The van der Waals surface area contributed by atoms with E-state index in [4.69, 9.17) is 0 Å². The van der Waals surface area contributed by atoms with E-state index in [1.165, 1.54) is 13.0 Å². The van der Waals surface area contributed by atoms with Crippen LogP contribution < -0.4 is 0 Å². The smallest absolute Gasteiger partial charge is 0.345 e. The van der Waals surface area contributed by atoms with Crippen LogP contribution in [0.2, 0.25) is 0 Å². The van der Waals surface area contributed by atoms with Gasteiger partial charge in [0.05, 0.1) is 5.57 Å². The molecule has 0 aromatic heterocycles. The first-order valence-electron chi connectivity index (χ1n) is 3.72. The Labute approximate surface area is 77.4 Å². The van der Waals surface area contributed by atoms with Gasteiger partial charge < -0.3 is 4.74 Å². The lowest BCUT2D eigenvalue weighted by Gasteiger charge is -2.00. The highest BCUT2D eigenvalue weighted by Crippen LogP contribution is 2.00. The quantitative estimate of drug-likeness (QED) is 0.288. The van der Waals surface area contributed by atoms with Crippen LogP contribution >= 0.6 is 0 Å². The minimum Gasteiger partial charge on any atom is -0.386 e. The number of hydrogen-bond donors (Lipinski definition) is 0. The number of rotatable bonds is 3. The summed E-state index contributed by atoms with van der Waals surface area (Å²) in [5, 5.41) is 0. The van der Waals surface area contributed by atoms with E-state index >= 15 is 0 Å². The maximum atomic E-state index is 11.0. The van der Waals surface area contributed by atoms with Gasteiger partial charge in [-0.25, -0.2) is 9.59 Å². The molecule has 0 unspecified atom stereocenters. The third-order valence-corrected chi connectivity index (χ3v) is 1.16. The lowest BCUT2D eigenvalue weighted by atomic mass is 10.3. The molecule has 0 spiro atoms. The molecule has 3 nitrogen and oxygen atoms in total. The molecular weight excluding hydrogens is 168 g/mol. The van der Waals surface area contributed by atoms with E-state index in [0.717, 1.165) is 0 Å². The van der Waals surface area contributed by atoms with Crippen molar-refractivity contribution in [3.05, 3.63) is 36.5 Å². The highest BCUT2D eigenvalue weighted by atomic mass is 16.6. The van der Waals surface area contributed by atoms with E-state index in [1.54, 1.807) is 13.0 Å². The maximum Gasteiger partial charge on any atom is 0.345 e. The van der Waals surface area contributed by atoms with E-state index in [2.05, 4.69) is 17.9 Å². The molecule has 0 heterocycles. The molecule has 0 atom stereocenters. The molecule has 0 aromatic carbocycles. The number of carbonyl (C=O) groups is 2. The van der Waals surface area contributed by atoms with Crippen molar-refractivity contribution >= 4 is 11.9 Å². The lowest BCUT2D eigenvalue weighted by molar-refractivity contribution is -0.153. The third-order valence-electron chi connectivity index (χ3n) is 1.16. The van der Waals surface area contributed by atoms with Gasteiger partial charge in [-0.15, -0.1) is 0 Å². The Morgan fingerprint density at radius 3 is 2.15 bits per heavy atom. The number of hydrogen-bond acceptors (Lipinski definition) is 3. The first-order valence-corrected chi connectivity index (χ1v) is 3.72. The predicted octanol–water partition coefficient (Wildman–Crippen LogP) is 1.76. The normalized spacial score (nSPS) is 9.69. The average molecular weight is 180 g/mol. The van der Waals surface area contributed by atoms with Crippen molar-refractivity contribution in [2.45, 2.75) is 13.8 Å². The molecule has 0 aliphatic rings. The fourth-order valence-corrected chi connectivity index (χ4v) is 0.506. The molecule has 0 amide bonds. The topological polar surface area (TPSA) is 43.4 Å². The van der Waals surface area contributed by atoms with Crippen LogP contribution in [0.15, 0.2) is 36.5 Å². The molecule has 0 saturated carbocycles. The van der Waals surface area contributed by atoms with Gasteiger partial charge >= 0.3 is 11.9 Å². The average Bonchev–Trinajstić information content (AvgIpc) is 2.04. The van der Waals surface area contributed by atoms with Crippen LogP contribution in [0.3, 0.4) is 0 Å². The highest BCUT2D eigenvalue weighted by Gasteiger charge is 2.11. The van der Waals surface area contributed by atoms with Crippen molar-refractivity contribution in [1.29, 1.82) is 0 Å². The Hall–Kier alpha value is -1.64. The lowest BCUT2D eigenvalue weighted by Crippen LogP contribution is -2.13. The SMILES string of the molecule is C=C(C)C(=O)OC(=O)C(=C)C=CC. The molecule has 3 heteroatoms. The Balaban J connectivity index is 4.24. The molecule has 0 rings (SSSR count). The standard InChI is InChI=1S/C10H12O3/c1-5-6-8(4)10(12)13-9(11)7(2)3/h5-6H,2,4H2,1,3H3. The largest absolute Gasteiger partial charge is 0.386 e. The molecular formula is C10H12O3. The molecule has 0 bridgehead atoms. The van der Waals surface area contributed by atoms with Crippen LogP contribution in [-0.4, -0.2) is 11.9 Å². The Morgan fingerprint density at radius 1 is 1.23 bits per heavy atom. The van der Waals surface area contributed by atoms with Gasteiger partial charge in [0.25, 0.3) is 0 Å². The molecule has 0 aliphatic carbocycles. The van der Waals surface area contributed by atoms with Gasteiger partial charge in [-0.3, -0.25) is 0 Å². The summed E-state index contributed by atoms with van der Waals surface area (Å²) in [6, 6.07) is 0. The molecule has 0 aliphatic heterocycles. The van der Waals surface area contributed by atoms with Gasteiger partial charge in [0.15, 0.2) is 0 Å². The summed E-state index contributed by atoms with van der Waals surface area (Å²) in [6.45, 7) is 9.95. The van der Waals surface area contributed by atoms with Crippen LogP contribution in [0.25, 0.3) is 0 Å². The number of carbonyl (C=O) groups excluding carboxylic acids is 2. The van der Waals surface area contributed by atoms with Crippen LogP contribution in [0.4, 0.5) is 0 Å². The van der Waals surface area contributed by atoms with Crippen molar-refractivity contribution in [2.24, 2.45) is 0 Å². The van der Waals surface area contributed by atoms with Crippen molar-refractivity contribution in [3.8, 4) is 0 Å². The van der Waals surface area contributed by atoms with Gasteiger partial charge in [-0.2, -0.15) is 0 Å². The zero-order chi connectivity index (χ0) is 10.4. The first kappa shape index (κ1) is 11.4. The van der Waals surface area contributed by atoms with Gasteiger partial charge in [-0.1, -0.05) is 25.3 Å². The molecule has 0 N–H and O–H groups in total. The molecule has 70 valence electrons. The van der Waals surface area contributed by atoms with Crippen molar-refractivity contribution in [2.75, 3.05) is 0 Å². The predicted molar refractivity (Wildman–Crippen MR) is 49.9 cm³/mol. The summed E-state index contributed by atoms with van der Waals surface area (Å²) in [7, 11) is 0. The van der Waals surface area contributed by atoms with Gasteiger partial charge in [0, 0.05) is 5.57 Å². The zero-order valence-electron chi connectivity index (χ0n) is 7.79. The van der Waals surface area contributed by atoms with E-state index in [9.17, 15) is 9.59 Å². The van der Waals surface area contributed by atoms with Crippen LogP contribution in [0, 0.1) is 0 Å². The second kappa shape index (κ2) is 5.09. The second-order valence-corrected chi connectivity index (χ2v) is 2.48. The van der Waals surface area contributed by atoms with E-state index in [-0.39, 0.29) is 11.1 Å². The number of allylic oxidation sites excluding steroid dienone is 1.